The first-order valence-electron chi connectivity index (χ1n) is 6.87. The fourth-order valence-electron chi connectivity index (χ4n) is 1.37. The second kappa shape index (κ2) is 10.0. The lowest BCUT2D eigenvalue weighted by molar-refractivity contribution is -0.136. The quantitative estimate of drug-likeness (QED) is 0.438. The average Bonchev–Trinajstić information content (AvgIpc) is 2.50. The molecule has 3 N–H and O–H groups in total. The minimum Gasteiger partial charge on any atom is -0.504 e. The molecule has 0 unspecified atom stereocenters. The molecule has 0 saturated carbocycles. The van der Waals surface area contributed by atoms with Crippen molar-refractivity contribution in [1.29, 1.82) is 0 Å². The number of amides is 1. The van der Waals surface area contributed by atoms with Crippen LogP contribution in [0.5, 0.6) is 11.5 Å². The largest absolute Gasteiger partial charge is 0.504 e. The minimum absolute atomic E-state index is 0.144. The van der Waals surface area contributed by atoms with Crippen molar-refractivity contribution in [2.45, 2.75) is 20.3 Å². The number of hydrogen-bond donors (Lipinski definition) is 3. The Kier molecular flexibility index (Phi) is 8.84. The molecule has 1 aromatic carbocycles. The monoisotopic (exact) mass is 321 g/mol. The van der Waals surface area contributed by atoms with Crippen molar-refractivity contribution in [2.75, 3.05) is 13.7 Å². The highest BCUT2D eigenvalue weighted by Gasteiger charge is 2.03. The van der Waals surface area contributed by atoms with Crippen molar-refractivity contribution in [3.63, 3.8) is 0 Å². The Morgan fingerprint density at radius 1 is 1.13 bits per heavy atom. The molecule has 1 amide bonds. The van der Waals surface area contributed by atoms with Crippen molar-refractivity contribution in [2.24, 2.45) is 0 Å². The number of methoxy groups -OCH3 is 1. The van der Waals surface area contributed by atoms with Crippen molar-refractivity contribution < 1.29 is 24.5 Å². The summed E-state index contributed by atoms with van der Waals surface area (Å²) in [4.78, 5) is 21.3. The Bertz CT molecular complexity index is 593. The maximum Gasteiger partial charge on any atom is 0.332 e. The lowest BCUT2D eigenvalue weighted by Gasteiger charge is -2.05. The standard InChI is InChI=1S/C12H15NO3.C5H8O2/c1-8(2)12(16)13-6-5-9-3-4-10(14)11(15)7-9;1-4(2)5(6)7-3/h3-4,7,14-15H,1,5-6H2,2H3,(H,13,16);1H2,2-3H3. The molecule has 1 rings (SSSR count). The summed E-state index contributed by atoms with van der Waals surface area (Å²) in [7, 11) is 1.33. The molecule has 6 nitrogen and oxygen atoms in total. The first-order valence-corrected chi connectivity index (χ1v) is 6.87. The molecule has 0 aromatic heterocycles. The number of phenols is 2. The predicted molar refractivity (Wildman–Crippen MR) is 88.1 cm³/mol. The first-order chi connectivity index (χ1) is 10.7. The number of esters is 1. The van der Waals surface area contributed by atoms with E-state index in [-0.39, 0.29) is 23.4 Å². The van der Waals surface area contributed by atoms with Gasteiger partial charge in [0.2, 0.25) is 5.91 Å². The molecule has 0 bridgehead atoms. The zero-order valence-corrected chi connectivity index (χ0v) is 13.7. The SMILES string of the molecule is C=C(C)C(=O)NCCc1ccc(O)c(O)c1.C=C(C)C(=O)OC. The van der Waals surface area contributed by atoms with Gasteiger partial charge < -0.3 is 20.3 Å². The van der Waals surface area contributed by atoms with E-state index in [9.17, 15) is 14.7 Å². The first kappa shape index (κ1) is 20.2. The number of aromatic hydroxyl groups is 2. The number of carbonyl (C=O) groups excluding carboxylic acids is 2. The topological polar surface area (TPSA) is 95.9 Å². The van der Waals surface area contributed by atoms with E-state index in [4.69, 9.17) is 5.11 Å². The molecule has 0 spiro atoms. The van der Waals surface area contributed by atoms with E-state index in [0.29, 0.717) is 24.1 Å². The van der Waals surface area contributed by atoms with Crippen LogP contribution in [0.2, 0.25) is 0 Å². The predicted octanol–water partition coefficient (Wildman–Crippen LogP) is 2.07. The molecule has 0 radical (unpaired) electrons. The third kappa shape index (κ3) is 8.31. The number of benzene rings is 1. The lowest BCUT2D eigenvalue weighted by Crippen LogP contribution is -2.25. The molecule has 23 heavy (non-hydrogen) atoms. The van der Waals surface area contributed by atoms with Gasteiger partial charge in [0.1, 0.15) is 0 Å². The summed E-state index contributed by atoms with van der Waals surface area (Å²) >= 11 is 0. The minimum atomic E-state index is -0.347. The molecular formula is C17H23NO5. The van der Waals surface area contributed by atoms with Crippen LogP contribution >= 0.6 is 0 Å². The number of ether oxygens (including phenoxy) is 1. The molecule has 6 heteroatoms. The highest BCUT2D eigenvalue weighted by Crippen LogP contribution is 2.24. The van der Waals surface area contributed by atoms with Crippen LogP contribution in [0.3, 0.4) is 0 Å². The van der Waals surface area contributed by atoms with E-state index in [1.807, 2.05) is 0 Å². The summed E-state index contributed by atoms with van der Waals surface area (Å²) in [5.41, 5.74) is 1.74. The Labute approximate surface area is 136 Å². The van der Waals surface area contributed by atoms with E-state index >= 15 is 0 Å². The highest BCUT2D eigenvalue weighted by atomic mass is 16.5. The van der Waals surface area contributed by atoms with Crippen LogP contribution in [0.25, 0.3) is 0 Å². The molecule has 0 aliphatic carbocycles. The van der Waals surface area contributed by atoms with E-state index < -0.39 is 0 Å². The van der Waals surface area contributed by atoms with Gasteiger partial charge >= 0.3 is 5.97 Å². The summed E-state index contributed by atoms with van der Waals surface area (Å²) in [6, 6.07) is 4.59. The van der Waals surface area contributed by atoms with Gasteiger partial charge in [-0.1, -0.05) is 19.2 Å². The van der Waals surface area contributed by atoms with E-state index in [1.54, 1.807) is 19.9 Å². The zero-order chi connectivity index (χ0) is 18.0. The maximum absolute atomic E-state index is 11.2. The number of rotatable bonds is 5. The fraction of sp³-hybridized carbons (Fsp3) is 0.294. The van der Waals surface area contributed by atoms with E-state index in [1.165, 1.54) is 19.2 Å². The second-order valence-corrected chi connectivity index (χ2v) is 4.88. The normalized spacial score (nSPS) is 9.17. The molecule has 0 aliphatic rings. The maximum atomic E-state index is 11.2. The zero-order valence-electron chi connectivity index (χ0n) is 13.7. The molecule has 0 saturated heterocycles. The van der Waals surface area contributed by atoms with E-state index in [0.717, 1.165) is 5.56 Å². The van der Waals surface area contributed by atoms with Gasteiger partial charge in [-0.2, -0.15) is 0 Å². The number of phenolic OH excluding ortho intramolecular Hbond substituents is 2. The van der Waals surface area contributed by atoms with Crippen LogP contribution < -0.4 is 5.32 Å². The summed E-state index contributed by atoms with van der Waals surface area (Å²) < 4.78 is 4.27. The van der Waals surface area contributed by atoms with Crippen LogP contribution in [0, 0.1) is 0 Å². The summed E-state index contributed by atoms with van der Waals surface area (Å²) in [5, 5.41) is 21.0. The van der Waals surface area contributed by atoms with Crippen LogP contribution in [0.15, 0.2) is 42.5 Å². The van der Waals surface area contributed by atoms with Crippen LogP contribution in [-0.2, 0) is 20.7 Å². The molecule has 126 valence electrons. The van der Waals surface area contributed by atoms with E-state index in [2.05, 4.69) is 23.2 Å². The third-order valence-corrected chi connectivity index (χ3v) is 2.66. The highest BCUT2D eigenvalue weighted by molar-refractivity contribution is 5.92. The van der Waals surface area contributed by atoms with Gasteiger partial charge in [0.05, 0.1) is 7.11 Å². The number of carbonyl (C=O) groups is 2. The van der Waals surface area contributed by atoms with Crippen molar-refractivity contribution in [3.8, 4) is 11.5 Å². The van der Waals surface area contributed by atoms with Gasteiger partial charge in [-0.05, 0) is 38.0 Å². The third-order valence-electron chi connectivity index (χ3n) is 2.66. The molecule has 1 aromatic rings. The van der Waals surface area contributed by atoms with Crippen molar-refractivity contribution >= 4 is 11.9 Å². The molecule has 0 atom stereocenters. The Morgan fingerprint density at radius 2 is 1.74 bits per heavy atom. The fourth-order valence-corrected chi connectivity index (χ4v) is 1.37. The smallest absolute Gasteiger partial charge is 0.332 e. The summed E-state index contributed by atoms with van der Waals surface area (Å²) in [5.74, 6) is -0.818. The van der Waals surface area contributed by atoms with Gasteiger partial charge in [0.15, 0.2) is 11.5 Å². The number of hydrogen-bond acceptors (Lipinski definition) is 5. The van der Waals surface area contributed by atoms with Gasteiger partial charge in [-0.25, -0.2) is 4.79 Å². The second-order valence-electron chi connectivity index (χ2n) is 4.88. The molecular weight excluding hydrogens is 298 g/mol. The van der Waals surface area contributed by atoms with Crippen molar-refractivity contribution in [3.05, 3.63) is 48.1 Å². The van der Waals surface area contributed by atoms with Gasteiger partial charge in [0.25, 0.3) is 0 Å². The van der Waals surface area contributed by atoms with Crippen molar-refractivity contribution in [1.82, 2.24) is 5.32 Å². The molecule has 0 fully saturated rings. The Hall–Kier alpha value is -2.76. The molecule has 0 heterocycles. The van der Waals surface area contributed by atoms with Gasteiger partial charge in [-0.15, -0.1) is 0 Å². The summed E-state index contributed by atoms with van der Waals surface area (Å²) in [6.45, 7) is 10.6. The van der Waals surface area contributed by atoms with Gasteiger partial charge in [-0.3, -0.25) is 4.79 Å². The Morgan fingerprint density at radius 3 is 2.13 bits per heavy atom. The van der Waals surface area contributed by atoms with Crippen LogP contribution in [-0.4, -0.2) is 35.7 Å². The van der Waals surface area contributed by atoms with Crippen LogP contribution in [0.4, 0.5) is 0 Å². The number of nitrogens with one attached hydrogen (secondary N) is 1. The lowest BCUT2D eigenvalue weighted by atomic mass is 10.1. The molecule has 0 aliphatic heterocycles. The van der Waals surface area contributed by atoms with Crippen LogP contribution in [0.1, 0.15) is 19.4 Å². The average molecular weight is 321 g/mol. The summed E-state index contributed by atoms with van der Waals surface area (Å²) in [6.07, 6.45) is 0.590. The van der Waals surface area contributed by atoms with Gasteiger partial charge in [0, 0.05) is 17.7 Å². The Balaban J connectivity index is 0.000000585.